The summed E-state index contributed by atoms with van der Waals surface area (Å²) >= 11 is 6.44. The summed E-state index contributed by atoms with van der Waals surface area (Å²) in [5.41, 5.74) is 7.91. The van der Waals surface area contributed by atoms with Crippen LogP contribution in [0.15, 0.2) is 53.9 Å². The van der Waals surface area contributed by atoms with Crippen LogP contribution in [0.1, 0.15) is 68.9 Å². The summed E-state index contributed by atoms with van der Waals surface area (Å²) in [6.45, 7) is 2.21. The Morgan fingerprint density at radius 3 is 2.64 bits per heavy atom. The van der Waals surface area contributed by atoms with E-state index in [-0.39, 0.29) is 17.8 Å². The van der Waals surface area contributed by atoms with Gasteiger partial charge in [-0.05, 0) is 49.3 Å². The molecule has 2 aliphatic rings. The average molecular weight is 465 g/mol. The van der Waals surface area contributed by atoms with Gasteiger partial charge in [-0.3, -0.25) is 4.79 Å². The van der Waals surface area contributed by atoms with Gasteiger partial charge in [-0.2, -0.15) is 5.26 Å². The average Bonchev–Trinajstić information content (AvgIpc) is 2.82. The maximum Gasteiger partial charge on any atom is 0.314 e. The minimum absolute atomic E-state index is 0.0313. The lowest BCUT2D eigenvalue weighted by Crippen LogP contribution is -2.26. The van der Waals surface area contributed by atoms with Gasteiger partial charge in [0.15, 0.2) is 0 Å². The maximum absolute atomic E-state index is 12.8. The summed E-state index contributed by atoms with van der Waals surface area (Å²) in [6.07, 6.45) is 7.67. The Morgan fingerprint density at radius 1 is 1.18 bits per heavy atom. The van der Waals surface area contributed by atoms with Crippen molar-refractivity contribution in [2.75, 3.05) is 0 Å². The van der Waals surface area contributed by atoms with Gasteiger partial charge in [-0.25, -0.2) is 0 Å². The van der Waals surface area contributed by atoms with Gasteiger partial charge >= 0.3 is 5.97 Å². The SMILES string of the molecule is CCCCC1CCC(C(=O)Oc2ccc3c(c2)OC(N)=C(C#N)C3c2ccccc2Cl)CC1. The molecular weight excluding hydrogens is 436 g/mol. The van der Waals surface area contributed by atoms with Crippen LogP contribution in [-0.4, -0.2) is 5.97 Å². The second-order valence-electron chi connectivity index (χ2n) is 8.93. The molecule has 0 amide bonds. The molecule has 172 valence electrons. The quantitative estimate of drug-likeness (QED) is 0.391. The molecule has 2 aromatic rings. The number of carbonyl (C=O) groups is 1. The van der Waals surface area contributed by atoms with Gasteiger partial charge in [-0.15, -0.1) is 0 Å². The molecule has 1 atom stereocenters. The number of rotatable bonds is 6. The van der Waals surface area contributed by atoms with Crippen LogP contribution in [0, 0.1) is 23.2 Å². The number of hydrogen-bond donors (Lipinski definition) is 1. The maximum atomic E-state index is 12.8. The van der Waals surface area contributed by atoms with E-state index in [0.29, 0.717) is 22.1 Å². The first-order valence-electron chi connectivity index (χ1n) is 11.7. The van der Waals surface area contributed by atoms with Crippen molar-refractivity contribution in [2.24, 2.45) is 17.6 Å². The molecule has 0 bridgehead atoms. The van der Waals surface area contributed by atoms with Crippen LogP contribution in [0.3, 0.4) is 0 Å². The molecule has 1 heterocycles. The van der Waals surface area contributed by atoms with Crippen LogP contribution in [0.5, 0.6) is 11.5 Å². The largest absolute Gasteiger partial charge is 0.440 e. The molecule has 2 N–H and O–H groups in total. The van der Waals surface area contributed by atoms with Gasteiger partial charge < -0.3 is 15.2 Å². The normalized spacial score (nSPS) is 22.2. The van der Waals surface area contributed by atoms with Crippen LogP contribution in [0.25, 0.3) is 0 Å². The molecule has 1 fully saturated rings. The van der Waals surface area contributed by atoms with Crippen molar-refractivity contribution in [2.45, 2.75) is 57.8 Å². The third-order valence-corrected chi connectivity index (χ3v) is 7.12. The first-order chi connectivity index (χ1) is 16.0. The standard InChI is InChI=1S/C27H29ClN2O3/c1-2-3-6-17-9-11-18(12-10-17)27(31)32-19-13-14-21-24(15-19)33-26(30)22(16-29)25(21)20-7-4-5-8-23(20)28/h4-5,7-8,13-15,17-18,25H,2-3,6,9-12,30H2,1H3. The summed E-state index contributed by atoms with van der Waals surface area (Å²) < 4.78 is 11.5. The molecule has 1 aliphatic heterocycles. The van der Waals surface area contributed by atoms with Gasteiger partial charge in [0.1, 0.15) is 23.1 Å². The number of allylic oxidation sites excluding steroid dienone is 1. The molecule has 33 heavy (non-hydrogen) atoms. The summed E-state index contributed by atoms with van der Waals surface area (Å²) in [5, 5.41) is 10.3. The molecule has 0 aromatic heterocycles. The van der Waals surface area contributed by atoms with E-state index in [9.17, 15) is 10.1 Å². The van der Waals surface area contributed by atoms with E-state index in [1.807, 2.05) is 24.3 Å². The van der Waals surface area contributed by atoms with Gasteiger partial charge in [0.25, 0.3) is 0 Å². The van der Waals surface area contributed by atoms with Crippen molar-refractivity contribution >= 4 is 17.6 Å². The summed E-state index contributed by atoms with van der Waals surface area (Å²) in [6, 6.07) is 14.8. The van der Waals surface area contributed by atoms with Gasteiger partial charge in [0.2, 0.25) is 5.88 Å². The third-order valence-electron chi connectivity index (χ3n) is 6.77. The zero-order valence-electron chi connectivity index (χ0n) is 18.9. The number of nitriles is 1. The number of halogens is 1. The minimum Gasteiger partial charge on any atom is -0.440 e. The van der Waals surface area contributed by atoms with E-state index >= 15 is 0 Å². The Labute approximate surface area is 200 Å². The summed E-state index contributed by atoms with van der Waals surface area (Å²) in [4.78, 5) is 12.8. The Bertz CT molecular complexity index is 1100. The summed E-state index contributed by atoms with van der Waals surface area (Å²) in [7, 11) is 0. The molecule has 0 spiro atoms. The van der Waals surface area contributed by atoms with Crippen molar-refractivity contribution in [3.63, 3.8) is 0 Å². The number of benzene rings is 2. The highest BCUT2D eigenvalue weighted by Crippen LogP contribution is 2.45. The molecular formula is C27H29ClN2O3. The monoisotopic (exact) mass is 464 g/mol. The lowest BCUT2D eigenvalue weighted by atomic mass is 9.80. The summed E-state index contributed by atoms with van der Waals surface area (Å²) in [5.74, 6) is 0.939. The Morgan fingerprint density at radius 2 is 1.94 bits per heavy atom. The first kappa shape index (κ1) is 23.2. The number of fused-ring (bicyclic) bond motifs is 1. The van der Waals surface area contributed by atoms with Crippen LogP contribution in [-0.2, 0) is 4.79 Å². The van der Waals surface area contributed by atoms with Crippen molar-refractivity contribution in [3.05, 3.63) is 70.1 Å². The van der Waals surface area contributed by atoms with Crippen molar-refractivity contribution in [3.8, 4) is 17.6 Å². The van der Waals surface area contributed by atoms with E-state index in [2.05, 4.69) is 13.0 Å². The van der Waals surface area contributed by atoms with Gasteiger partial charge in [0.05, 0.1) is 11.8 Å². The molecule has 1 unspecified atom stereocenters. The zero-order chi connectivity index (χ0) is 23.4. The Balaban J connectivity index is 1.51. The number of hydrogen-bond acceptors (Lipinski definition) is 5. The lowest BCUT2D eigenvalue weighted by molar-refractivity contribution is -0.140. The second-order valence-corrected chi connectivity index (χ2v) is 9.33. The van der Waals surface area contributed by atoms with E-state index in [4.69, 9.17) is 26.8 Å². The van der Waals surface area contributed by atoms with E-state index < -0.39 is 5.92 Å². The molecule has 0 radical (unpaired) electrons. The Hall–Kier alpha value is -2.97. The number of nitrogens with zero attached hydrogens (tertiary/aromatic N) is 1. The van der Waals surface area contributed by atoms with Crippen LogP contribution in [0.4, 0.5) is 0 Å². The van der Waals surface area contributed by atoms with E-state index in [1.54, 1.807) is 18.2 Å². The predicted molar refractivity (Wildman–Crippen MR) is 128 cm³/mol. The van der Waals surface area contributed by atoms with Crippen LogP contribution >= 0.6 is 11.6 Å². The molecule has 0 saturated heterocycles. The highest BCUT2D eigenvalue weighted by molar-refractivity contribution is 6.31. The fourth-order valence-electron chi connectivity index (χ4n) is 4.91. The number of nitrogens with two attached hydrogens (primary N) is 1. The molecule has 1 aliphatic carbocycles. The number of esters is 1. The first-order valence-corrected chi connectivity index (χ1v) is 12.1. The second kappa shape index (κ2) is 10.3. The van der Waals surface area contributed by atoms with E-state index in [1.165, 1.54) is 19.3 Å². The molecule has 5 nitrogen and oxygen atoms in total. The van der Waals surface area contributed by atoms with Crippen molar-refractivity contribution in [1.82, 2.24) is 0 Å². The lowest BCUT2D eigenvalue weighted by Gasteiger charge is -2.28. The number of ether oxygens (including phenoxy) is 2. The van der Waals surface area contributed by atoms with Gasteiger partial charge in [-0.1, -0.05) is 62.1 Å². The molecule has 4 rings (SSSR count). The molecule has 2 aromatic carbocycles. The smallest absolute Gasteiger partial charge is 0.314 e. The highest BCUT2D eigenvalue weighted by Gasteiger charge is 2.33. The molecule has 6 heteroatoms. The molecule has 1 saturated carbocycles. The zero-order valence-corrected chi connectivity index (χ0v) is 19.6. The van der Waals surface area contributed by atoms with Gasteiger partial charge in [0, 0.05) is 16.7 Å². The van der Waals surface area contributed by atoms with Crippen LogP contribution in [0.2, 0.25) is 5.02 Å². The van der Waals surface area contributed by atoms with Crippen LogP contribution < -0.4 is 15.2 Å². The Kier molecular flexibility index (Phi) is 7.25. The van der Waals surface area contributed by atoms with Crippen molar-refractivity contribution < 1.29 is 14.3 Å². The van der Waals surface area contributed by atoms with E-state index in [0.717, 1.165) is 42.7 Å². The number of carbonyl (C=O) groups excluding carboxylic acids is 1. The van der Waals surface area contributed by atoms with Crippen molar-refractivity contribution in [1.29, 1.82) is 5.26 Å². The minimum atomic E-state index is -0.449. The predicted octanol–water partition coefficient (Wildman–Crippen LogP) is 6.46. The topological polar surface area (TPSA) is 85.3 Å². The fraction of sp³-hybridized carbons (Fsp3) is 0.407. The third kappa shape index (κ3) is 5.02. The number of unbranched alkanes of at least 4 members (excludes halogenated alkanes) is 1. The highest BCUT2D eigenvalue weighted by atomic mass is 35.5. The fourth-order valence-corrected chi connectivity index (χ4v) is 5.15.